The molecule has 2 nitrogen and oxygen atoms in total. The van der Waals surface area contributed by atoms with E-state index in [1.807, 2.05) is 24.3 Å². The standard InChI is InChI=1S/C18H16Cl2O2/c1-2-12-7-8-15-16(9-12)18(22-11-20)14-6-4-3-5-13(14)17(15)21-10-19/h3-9H,2,10-11H2,1H3. The largest absolute Gasteiger partial charge is 0.477 e. The number of fused-ring (bicyclic) bond motifs is 2. The summed E-state index contributed by atoms with van der Waals surface area (Å²) < 4.78 is 11.5. The molecular weight excluding hydrogens is 319 g/mol. The molecule has 0 bridgehead atoms. The summed E-state index contributed by atoms with van der Waals surface area (Å²) in [5.74, 6) is 1.57. The summed E-state index contributed by atoms with van der Waals surface area (Å²) in [5.41, 5.74) is 1.24. The molecule has 22 heavy (non-hydrogen) atoms. The number of benzene rings is 3. The van der Waals surface area contributed by atoms with Gasteiger partial charge in [0.05, 0.1) is 0 Å². The van der Waals surface area contributed by atoms with Gasteiger partial charge in [0.25, 0.3) is 0 Å². The molecule has 0 amide bonds. The van der Waals surface area contributed by atoms with E-state index in [1.165, 1.54) is 5.56 Å². The lowest BCUT2D eigenvalue weighted by Crippen LogP contribution is -1.97. The number of halogens is 2. The first kappa shape index (κ1) is 15.3. The average Bonchev–Trinajstić information content (AvgIpc) is 2.57. The number of ether oxygens (including phenoxy) is 2. The Balaban J connectivity index is 2.46. The van der Waals surface area contributed by atoms with Crippen molar-refractivity contribution in [3.05, 3.63) is 48.0 Å². The zero-order valence-electron chi connectivity index (χ0n) is 12.2. The van der Waals surface area contributed by atoms with Gasteiger partial charge in [-0.15, -0.1) is 0 Å². The minimum absolute atomic E-state index is 0.102. The Kier molecular flexibility index (Phi) is 4.60. The first-order chi connectivity index (χ1) is 10.8. The highest BCUT2D eigenvalue weighted by Crippen LogP contribution is 2.43. The van der Waals surface area contributed by atoms with E-state index in [4.69, 9.17) is 32.7 Å². The van der Waals surface area contributed by atoms with Crippen molar-refractivity contribution in [2.75, 3.05) is 12.1 Å². The molecule has 0 fully saturated rings. The van der Waals surface area contributed by atoms with Crippen LogP contribution in [0.2, 0.25) is 0 Å². The van der Waals surface area contributed by atoms with E-state index in [9.17, 15) is 0 Å². The van der Waals surface area contributed by atoms with Crippen molar-refractivity contribution < 1.29 is 9.47 Å². The fraction of sp³-hybridized carbons (Fsp3) is 0.222. The zero-order valence-corrected chi connectivity index (χ0v) is 13.7. The van der Waals surface area contributed by atoms with Crippen LogP contribution in [0.1, 0.15) is 12.5 Å². The van der Waals surface area contributed by atoms with Crippen LogP contribution in [0.5, 0.6) is 11.5 Å². The van der Waals surface area contributed by atoms with E-state index in [1.54, 1.807) is 0 Å². The van der Waals surface area contributed by atoms with Gasteiger partial charge in [0.15, 0.2) is 12.1 Å². The van der Waals surface area contributed by atoms with Gasteiger partial charge in [-0.3, -0.25) is 0 Å². The summed E-state index contributed by atoms with van der Waals surface area (Å²) in [7, 11) is 0. The SMILES string of the molecule is CCc1ccc2c(OCCl)c3ccccc3c(OCCl)c2c1. The molecule has 0 saturated heterocycles. The molecule has 3 rings (SSSR count). The minimum Gasteiger partial charge on any atom is -0.477 e. The van der Waals surface area contributed by atoms with Crippen molar-refractivity contribution in [3.63, 3.8) is 0 Å². The average molecular weight is 335 g/mol. The maximum absolute atomic E-state index is 5.84. The smallest absolute Gasteiger partial charge is 0.162 e. The van der Waals surface area contributed by atoms with Crippen molar-refractivity contribution in [3.8, 4) is 11.5 Å². The molecule has 0 aliphatic heterocycles. The Labute approximate surface area is 139 Å². The Morgan fingerprint density at radius 3 is 1.86 bits per heavy atom. The molecule has 0 atom stereocenters. The highest BCUT2D eigenvalue weighted by molar-refractivity contribution is 6.18. The maximum Gasteiger partial charge on any atom is 0.162 e. The lowest BCUT2D eigenvalue weighted by molar-refractivity contribution is 0.390. The van der Waals surface area contributed by atoms with Gasteiger partial charge in [0, 0.05) is 21.5 Å². The highest BCUT2D eigenvalue weighted by Gasteiger charge is 2.16. The fourth-order valence-corrected chi connectivity index (χ4v) is 3.00. The van der Waals surface area contributed by atoms with Crippen LogP contribution in [0.25, 0.3) is 21.5 Å². The molecule has 0 radical (unpaired) electrons. The Morgan fingerprint density at radius 2 is 1.32 bits per heavy atom. The van der Waals surface area contributed by atoms with E-state index in [-0.39, 0.29) is 12.1 Å². The van der Waals surface area contributed by atoms with Gasteiger partial charge in [-0.1, -0.05) is 66.5 Å². The Morgan fingerprint density at radius 1 is 0.773 bits per heavy atom. The molecule has 0 aliphatic rings. The van der Waals surface area contributed by atoms with Crippen LogP contribution in [0.4, 0.5) is 0 Å². The van der Waals surface area contributed by atoms with E-state index >= 15 is 0 Å². The summed E-state index contributed by atoms with van der Waals surface area (Å²) in [6.07, 6.45) is 0.953. The third-order valence-corrected chi connectivity index (χ3v) is 4.01. The van der Waals surface area contributed by atoms with Crippen LogP contribution in [0, 0.1) is 0 Å². The third kappa shape index (κ3) is 2.57. The molecule has 0 saturated carbocycles. The zero-order chi connectivity index (χ0) is 15.5. The molecule has 114 valence electrons. The molecule has 3 aromatic rings. The summed E-state index contributed by atoms with van der Waals surface area (Å²) in [6, 6.07) is 14.5. The summed E-state index contributed by atoms with van der Waals surface area (Å²) in [4.78, 5) is 0. The lowest BCUT2D eigenvalue weighted by atomic mass is 9.98. The summed E-state index contributed by atoms with van der Waals surface area (Å²) in [5, 5.41) is 3.93. The van der Waals surface area contributed by atoms with E-state index < -0.39 is 0 Å². The third-order valence-electron chi connectivity index (χ3n) is 3.80. The molecule has 0 N–H and O–H groups in total. The second kappa shape index (κ2) is 6.64. The van der Waals surface area contributed by atoms with E-state index in [0.717, 1.165) is 39.5 Å². The predicted molar refractivity (Wildman–Crippen MR) is 93.5 cm³/mol. The van der Waals surface area contributed by atoms with Crippen LogP contribution in [0.3, 0.4) is 0 Å². The lowest BCUT2D eigenvalue weighted by Gasteiger charge is -2.16. The first-order valence-corrected chi connectivity index (χ1v) is 8.22. The number of rotatable bonds is 5. The molecule has 0 unspecified atom stereocenters. The normalized spacial score (nSPS) is 11.0. The number of hydrogen-bond acceptors (Lipinski definition) is 2. The quantitative estimate of drug-likeness (QED) is 0.439. The summed E-state index contributed by atoms with van der Waals surface area (Å²) >= 11 is 11.7. The second-order valence-corrected chi connectivity index (χ2v) is 5.38. The molecular formula is C18H16Cl2O2. The molecule has 0 heterocycles. The predicted octanol–water partition coefficient (Wildman–Crippen LogP) is 5.71. The van der Waals surface area contributed by atoms with Crippen LogP contribution >= 0.6 is 23.2 Å². The second-order valence-electron chi connectivity index (χ2n) is 4.94. The van der Waals surface area contributed by atoms with Crippen molar-refractivity contribution in [2.24, 2.45) is 0 Å². The maximum atomic E-state index is 5.84. The van der Waals surface area contributed by atoms with E-state index in [2.05, 4.69) is 25.1 Å². The van der Waals surface area contributed by atoms with Crippen molar-refractivity contribution in [2.45, 2.75) is 13.3 Å². The molecule has 4 heteroatoms. The van der Waals surface area contributed by atoms with Gasteiger partial charge >= 0.3 is 0 Å². The van der Waals surface area contributed by atoms with Gasteiger partial charge < -0.3 is 9.47 Å². The molecule has 0 aromatic heterocycles. The van der Waals surface area contributed by atoms with Crippen LogP contribution in [0.15, 0.2) is 42.5 Å². The van der Waals surface area contributed by atoms with Crippen LogP contribution in [-0.2, 0) is 6.42 Å². The summed E-state index contributed by atoms with van der Waals surface area (Å²) in [6.45, 7) is 2.13. The van der Waals surface area contributed by atoms with E-state index in [0.29, 0.717) is 0 Å². The van der Waals surface area contributed by atoms with Crippen molar-refractivity contribution in [1.82, 2.24) is 0 Å². The fourth-order valence-electron chi connectivity index (χ4n) is 2.79. The van der Waals surface area contributed by atoms with Gasteiger partial charge in [-0.2, -0.15) is 0 Å². The van der Waals surface area contributed by atoms with Gasteiger partial charge in [-0.05, 0) is 18.1 Å². The Bertz CT molecular complexity index is 815. The number of hydrogen-bond donors (Lipinski definition) is 0. The van der Waals surface area contributed by atoms with Gasteiger partial charge in [-0.25, -0.2) is 0 Å². The molecule has 0 spiro atoms. The van der Waals surface area contributed by atoms with Crippen LogP contribution < -0.4 is 9.47 Å². The highest BCUT2D eigenvalue weighted by atomic mass is 35.5. The number of aryl methyl sites for hydroxylation is 1. The topological polar surface area (TPSA) is 18.5 Å². The minimum atomic E-state index is 0.102. The van der Waals surface area contributed by atoms with Crippen LogP contribution in [-0.4, -0.2) is 12.1 Å². The van der Waals surface area contributed by atoms with Gasteiger partial charge in [0.2, 0.25) is 0 Å². The monoisotopic (exact) mass is 334 g/mol. The number of alkyl halides is 2. The van der Waals surface area contributed by atoms with Crippen molar-refractivity contribution >= 4 is 44.7 Å². The first-order valence-electron chi connectivity index (χ1n) is 7.15. The Hall–Kier alpha value is -1.64. The molecule has 3 aromatic carbocycles. The van der Waals surface area contributed by atoms with Gasteiger partial charge in [0.1, 0.15) is 11.5 Å². The van der Waals surface area contributed by atoms with Crippen molar-refractivity contribution in [1.29, 1.82) is 0 Å². The molecule has 0 aliphatic carbocycles.